The third-order valence-electron chi connectivity index (χ3n) is 6.56. The first-order chi connectivity index (χ1) is 19.5. The van der Waals surface area contributed by atoms with Gasteiger partial charge in [-0.2, -0.15) is 0 Å². The highest BCUT2D eigenvalue weighted by Crippen LogP contribution is 2.37. The minimum atomic E-state index is -1.34. The number of hydrogen-bond acceptors (Lipinski definition) is 6. The Morgan fingerprint density at radius 1 is 1.05 bits per heavy atom. The van der Waals surface area contributed by atoms with Crippen molar-refractivity contribution in [1.82, 2.24) is 10.2 Å². The van der Waals surface area contributed by atoms with E-state index in [1.165, 1.54) is 11.1 Å². The number of halogens is 2. The summed E-state index contributed by atoms with van der Waals surface area (Å²) in [6.07, 6.45) is -2.06. The number of nitrogens with zero attached hydrogens (tertiary/aromatic N) is 1. The number of alkyl carbamates (subject to hydrolysis) is 1. The molecule has 1 aliphatic rings. The minimum absolute atomic E-state index is 0.170. The average Bonchev–Trinajstić information content (AvgIpc) is 2.89. The van der Waals surface area contributed by atoms with Crippen LogP contribution in [0.2, 0.25) is 5.02 Å². The average molecular weight is 645 g/mol. The summed E-state index contributed by atoms with van der Waals surface area (Å²) in [5, 5.41) is 16.1. The van der Waals surface area contributed by atoms with E-state index in [0.29, 0.717) is 33.4 Å². The number of carbonyl (C=O) groups is 2. The zero-order valence-corrected chi connectivity index (χ0v) is 25.6. The van der Waals surface area contributed by atoms with Gasteiger partial charge in [0.2, 0.25) is 6.10 Å². The Kier molecular flexibility index (Phi) is 10.2. The van der Waals surface area contributed by atoms with Gasteiger partial charge in [0.25, 0.3) is 0 Å². The molecule has 1 atom stereocenters. The van der Waals surface area contributed by atoms with Crippen LogP contribution in [0, 0.1) is 5.92 Å². The summed E-state index contributed by atoms with van der Waals surface area (Å²) in [7, 11) is 0. The van der Waals surface area contributed by atoms with E-state index in [2.05, 4.69) is 80.0 Å². The van der Waals surface area contributed by atoms with Crippen molar-refractivity contribution in [1.29, 1.82) is 0 Å². The van der Waals surface area contributed by atoms with Gasteiger partial charge in [-0.15, -0.1) is 0 Å². The normalized spacial score (nSPS) is 14.7. The Balaban J connectivity index is 1.40. The second kappa shape index (κ2) is 13.6. The second-order valence-electron chi connectivity index (χ2n) is 11.0. The van der Waals surface area contributed by atoms with Crippen molar-refractivity contribution in [2.75, 3.05) is 31.5 Å². The number of nitrogens with one attached hydrogen (secondary N) is 2. The van der Waals surface area contributed by atoms with Crippen molar-refractivity contribution >= 4 is 45.3 Å². The molecule has 0 radical (unpaired) electrons. The van der Waals surface area contributed by atoms with Gasteiger partial charge in [-0.25, -0.2) is 9.59 Å². The van der Waals surface area contributed by atoms with E-state index in [0.717, 1.165) is 13.1 Å². The molecule has 41 heavy (non-hydrogen) atoms. The molecule has 4 rings (SSSR count). The number of anilines is 1. The van der Waals surface area contributed by atoms with Crippen LogP contribution >= 0.6 is 27.5 Å². The van der Waals surface area contributed by atoms with Crippen LogP contribution in [0.1, 0.15) is 37.9 Å². The molecule has 0 spiro atoms. The van der Waals surface area contributed by atoms with Gasteiger partial charge < -0.3 is 25.2 Å². The predicted molar refractivity (Wildman–Crippen MR) is 164 cm³/mol. The van der Waals surface area contributed by atoms with Crippen molar-refractivity contribution in [3.05, 3.63) is 93.4 Å². The van der Waals surface area contributed by atoms with Gasteiger partial charge in [-0.3, -0.25) is 4.90 Å². The largest absolute Gasteiger partial charge is 0.478 e. The van der Waals surface area contributed by atoms with Crippen molar-refractivity contribution in [2.45, 2.75) is 38.5 Å². The fraction of sp³-hybridized carbons (Fsp3) is 0.355. The van der Waals surface area contributed by atoms with Crippen LogP contribution in [-0.4, -0.2) is 60.0 Å². The first-order valence-electron chi connectivity index (χ1n) is 13.4. The van der Waals surface area contributed by atoms with Crippen LogP contribution in [0.4, 0.5) is 10.5 Å². The van der Waals surface area contributed by atoms with Gasteiger partial charge in [-0.1, -0.05) is 72.3 Å². The van der Waals surface area contributed by atoms with Crippen molar-refractivity contribution in [2.24, 2.45) is 5.92 Å². The number of likely N-dealkylation sites (tertiary alicyclic amines) is 1. The zero-order valence-electron chi connectivity index (χ0n) is 23.3. The maximum atomic E-state index is 12.1. The molecule has 0 aromatic heterocycles. The number of ether oxygens (including phenoxy) is 2. The molecule has 1 heterocycles. The summed E-state index contributed by atoms with van der Waals surface area (Å²) in [4.78, 5) is 26.4. The summed E-state index contributed by atoms with van der Waals surface area (Å²) >= 11 is 9.76. The quantitative estimate of drug-likeness (QED) is 0.217. The third kappa shape index (κ3) is 8.61. The smallest absolute Gasteiger partial charge is 0.407 e. The highest BCUT2D eigenvalue weighted by Gasteiger charge is 2.34. The van der Waals surface area contributed by atoms with Crippen LogP contribution < -0.4 is 15.4 Å². The number of aliphatic carboxylic acids is 1. The number of benzene rings is 3. The topological polar surface area (TPSA) is 100 Å². The number of amides is 1. The summed E-state index contributed by atoms with van der Waals surface area (Å²) in [5.74, 6) is -0.549. The molecule has 0 aliphatic carbocycles. The van der Waals surface area contributed by atoms with Gasteiger partial charge in [-0.05, 0) is 60.0 Å². The fourth-order valence-electron chi connectivity index (χ4n) is 4.68. The van der Waals surface area contributed by atoms with E-state index in [1.54, 1.807) is 32.9 Å². The van der Waals surface area contributed by atoms with E-state index < -0.39 is 23.8 Å². The Labute approximate surface area is 254 Å². The van der Waals surface area contributed by atoms with Crippen molar-refractivity contribution < 1.29 is 24.2 Å². The summed E-state index contributed by atoms with van der Waals surface area (Å²) in [6, 6.07) is 24.5. The Morgan fingerprint density at radius 2 is 1.63 bits per heavy atom. The van der Waals surface area contributed by atoms with Gasteiger partial charge in [0.1, 0.15) is 11.4 Å². The van der Waals surface area contributed by atoms with E-state index >= 15 is 0 Å². The lowest BCUT2D eigenvalue weighted by molar-refractivity contribution is -0.144. The standard InChI is InChI=1S/C31H35BrClN3O5/c1-31(2,3)41-30(39)35-17-27(29(37)38)40-26-14-23(32)24(33)15-25(26)34-16-20-18-36(19-20)28(21-10-6-4-7-11-21)22-12-8-5-9-13-22/h4-15,20,27-28,34H,16-19H2,1-3H3,(H,35,39)(H,37,38). The third-order valence-corrected chi connectivity index (χ3v) is 7.76. The van der Waals surface area contributed by atoms with Gasteiger partial charge in [0.15, 0.2) is 0 Å². The highest BCUT2D eigenvalue weighted by atomic mass is 79.9. The molecule has 1 amide bonds. The van der Waals surface area contributed by atoms with Crippen LogP contribution in [0.25, 0.3) is 0 Å². The molecule has 0 saturated carbocycles. The molecule has 218 valence electrons. The van der Waals surface area contributed by atoms with Crippen molar-refractivity contribution in [3.8, 4) is 5.75 Å². The highest BCUT2D eigenvalue weighted by molar-refractivity contribution is 9.10. The number of hydrogen-bond donors (Lipinski definition) is 3. The zero-order chi connectivity index (χ0) is 29.6. The fourth-order valence-corrected chi connectivity index (χ4v) is 5.16. The maximum absolute atomic E-state index is 12.1. The Bertz CT molecular complexity index is 1290. The minimum Gasteiger partial charge on any atom is -0.478 e. The number of rotatable bonds is 11. The van der Waals surface area contributed by atoms with Crippen LogP contribution in [-0.2, 0) is 9.53 Å². The molecule has 1 unspecified atom stereocenters. The molecular weight excluding hydrogens is 610 g/mol. The number of carboxylic acid groups (broad SMARTS) is 1. The molecule has 1 aliphatic heterocycles. The second-order valence-corrected chi connectivity index (χ2v) is 12.3. The monoisotopic (exact) mass is 643 g/mol. The SMILES string of the molecule is CC(C)(C)OC(=O)NCC(Oc1cc(Br)c(Cl)cc1NCC1CN(C(c2ccccc2)c2ccccc2)C1)C(=O)O. The molecule has 1 saturated heterocycles. The molecule has 3 N–H and O–H groups in total. The molecule has 3 aromatic carbocycles. The van der Waals surface area contributed by atoms with Gasteiger partial charge in [0, 0.05) is 30.0 Å². The molecule has 10 heteroatoms. The number of carboxylic acids is 1. The van der Waals surface area contributed by atoms with E-state index in [4.69, 9.17) is 21.1 Å². The van der Waals surface area contributed by atoms with E-state index in [1.807, 2.05) is 12.1 Å². The van der Waals surface area contributed by atoms with Crippen LogP contribution in [0.5, 0.6) is 5.75 Å². The molecule has 3 aromatic rings. The lowest BCUT2D eigenvalue weighted by Crippen LogP contribution is -2.51. The van der Waals surface area contributed by atoms with E-state index in [-0.39, 0.29) is 12.6 Å². The lowest BCUT2D eigenvalue weighted by Gasteiger charge is -2.45. The summed E-state index contributed by atoms with van der Waals surface area (Å²) < 4.78 is 11.6. The maximum Gasteiger partial charge on any atom is 0.407 e. The first kappa shape index (κ1) is 30.7. The molecule has 0 bridgehead atoms. The van der Waals surface area contributed by atoms with Gasteiger partial charge >= 0.3 is 12.1 Å². The lowest BCUT2D eigenvalue weighted by atomic mass is 9.90. The summed E-state index contributed by atoms with van der Waals surface area (Å²) in [6.45, 7) is 7.33. The van der Waals surface area contributed by atoms with Gasteiger partial charge in [0.05, 0.1) is 23.3 Å². The first-order valence-corrected chi connectivity index (χ1v) is 14.6. The Morgan fingerprint density at radius 3 is 2.17 bits per heavy atom. The van der Waals surface area contributed by atoms with Crippen LogP contribution in [0.15, 0.2) is 77.3 Å². The molecule has 8 nitrogen and oxygen atoms in total. The predicted octanol–water partition coefficient (Wildman–Crippen LogP) is 6.59. The number of carbonyl (C=O) groups excluding carboxylic acids is 1. The van der Waals surface area contributed by atoms with E-state index in [9.17, 15) is 14.7 Å². The van der Waals surface area contributed by atoms with Crippen LogP contribution in [0.3, 0.4) is 0 Å². The molecule has 1 fully saturated rings. The Hall–Kier alpha value is -3.27. The van der Waals surface area contributed by atoms with Crippen molar-refractivity contribution in [3.63, 3.8) is 0 Å². The molecular formula is C31H35BrClN3O5. The summed E-state index contributed by atoms with van der Waals surface area (Å²) in [5.41, 5.74) is 2.37.